The van der Waals surface area contributed by atoms with Gasteiger partial charge in [-0.3, -0.25) is 0 Å². The Hall–Kier alpha value is -0.150. The van der Waals surface area contributed by atoms with Gasteiger partial charge in [0, 0.05) is 24.7 Å². The number of alkyl halides is 1. The molecule has 1 heterocycles. The van der Waals surface area contributed by atoms with Crippen molar-refractivity contribution in [1.29, 1.82) is 0 Å². The van der Waals surface area contributed by atoms with Crippen LogP contribution in [0.1, 0.15) is 27.2 Å². The standard InChI is InChI=1S/C9H19FN2/c1-9(2,3)12-8-4-7(10)5-11-6-8/h7-8,11-12H,4-6H2,1-3H3/t7-,8-/m1/s1. The zero-order chi connectivity index (χ0) is 9.19. The van der Waals surface area contributed by atoms with Gasteiger partial charge < -0.3 is 10.6 Å². The van der Waals surface area contributed by atoms with Crippen molar-refractivity contribution in [3.63, 3.8) is 0 Å². The van der Waals surface area contributed by atoms with E-state index in [2.05, 4.69) is 31.4 Å². The molecule has 1 aliphatic heterocycles. The zero-order valence-electron chi connectivity index (χ0n) is 8.15. The summed E-state index contributed by atoms with van der Waals surface area (Å²) >= 11 is 0. The molecule has 0 aromatic heterocycles. The third-order valence-electron chi connectivity index (χ3n) is 1.93. The van der Waals surface area contributed by atoms with Gasteiger partial charge in [-0.05, 0) is 27.2 Å². The average molecular weight is 174 g/mol. The number of hydrogen-bond acceptors (Lipinski definition) is 2. The lowest BCUT2D eigenvalue weighted by molar-refractivity contribution is 0.207. The van der Waals surface area contributed by atoms with Crippen LogP contribution in [0.15, 0.2) is 0 Å². The van der Waals surface area contributed by atoms with Crippen LogP contribution in [0.5, 0.6) is 0 Å². The first-order valence-electron chi connectivity index (χ1n) is 4.60. The Bertz CT molecular complexity index is 142. The lowest BCUT2D eigenvalue weighted by Crippen LogP contribution is -2.53. The van der Waals surface area contributed by atoms with Crippen LogP contribution in [0, 0.1) is 0 Å². The summed E-state index contributed by atoms with van der Waals surface area (Å²) in [7, 11) is 0. The molecule has 1 fully saturated rings. The van der Waals surface area contributed by atoms with Crippen molar-refractivity contribution in [3.05, 3.63) is 0 Å². The second-order valence-electron chi connectivity index (χ2n) is 4.58. The van der Waals surface area contributed by atoms with Crippen molar-refractivity contribution in [2.75, 3.05) is 13.1 Å². The Balaban J connectivity index is 2.32. The minimum absolute atomic E-state index is 0.0867. The van der Waals surface area contributed by atoms with E-state index in [1.165, 1.54) is 0 Å². The van der Waals surface area contributed by atoms with E-state index >= 15 is 0 Å². The SMILES string of the molecule is CC(C)(C)N[C@H]1CNC[C@H](F)C1. The average Bonchev–Trinajstić information content (AvgIpc) is 1.82. The first-order chi connectivity index (χ1) is 5.47. The Morgan fingerprint density at radius 1 is 1.33 bits per heavy atom. The second kappa shape index (κ2) is 3.71. The predicted octanol–water partition coefficient (Wildman–Crippen LogP) is 1.07. The maximum Gasteiger partial charge on any atom is 0.114 e. The monoisotopic (exact) mass is 174 g/mol. The van der Waals surface area contributed by atoms with Crippen LogP contribution < -0.4 is 10.6 Å². The first-order valence-corrected chi connectivity index (χ1v) is 4.60. The smallest absolute Gasteiger partial charge is 0.114 e. The molecule has 0 amide bonds. The maximum absolute atomic E-state index is 12.9. The Morgan fingerprint density at radius 2 is 2.00 bits per heavy atom. The Labute approximate surface area is 73.9 Å². The molecule has 0 saturated carbocycles. The molecule has 3 heteroatoms. The third kappa shape index (κ3) is 3.50. The molecule has 2 N–H and O–H groups in total. The first kappa shape index (κ1) is 9.93. The van der Waals surface area contributed by atoms with Gasteiger partial charge in [0.05, 0.1) is 0 Å². The summed E-state index contributed by atoms with van der Waals surface area (Å²) in [6.45, 7) is 7.72. The molecule has 0 spiro atoms. The summed E-state index contributed by atoms with van der Waals surface area (Å²) in [5.74, 6) is 0. The van der Waals surface area contributed by atoms with Crippen molar-refractivity contribution in [2.45, 2.75) is 44.9 Å². The largest absolute Gasteiger partial charge is 0.312 e. The van der Waals surface area contributed by atoms with Crippen LogP contribution in [0.25, 0.3) is 0 Å². The van der Waals surface area contributed by atoms with E-state index in [0.717, 1.165) is 6.54 Å². The number of hydrogen-bond donors (Lipinski definition) is 2. The van der Waals surface area contributed by atoms with E-state index < -0.39 is 6.17 Å². The molecule has 0 bridgehead atoms. The van der Waals surface area contributed by atoms with Crippen LogP contribution in [0.3, 0.4) is 0 Å². The molecule has 0 radical (unpaired) electrons. The highest BCUT2D eigenvalue weighted by atomic mass is 19.1. The van der Waals surface area contributed by atoms with Crippen molar-refractivity contribution >= 4 is 0 Å². The summed E-state index contributed by atoms with van der Waals surface area (Å²) in [4.78, 5) is 0. The molecule has 1 saturated heterocycles. The lowest BCUT2D eigenvalue weighted by Gasteiger charge is -2.32. The number of piperidine rings is 1. The summed E-state index contributed by atoms with van der Waals surface area (Å²) in [6, 6.07) is 0.286. The third-order valence-corrected chi connectivity index (χ3v) is 1.93. The van der Waals surface area contributed by atoms with Gasteiger partial charge >= 0.3 is 0 Å². The molecule has 0 aliphatic carbocycles. The molecule has 2 nitrogen and oxygen atoms in total. The van der Waals surface area contributed by atoms with E-state index in [4.69, 9.17) is 0 Å². The van der Waals surface area contributed by atoms with Gasteiger partial charge in [-0.15, -0.1) is 0 Å². The van der Waals surface area contributed by atoms with Crippen LogP contribution in [0.4, 0.5) is 4.39 Å². The van der Waals surface area contributed by atoms with E-state index in [9.17, 15) is 4.39 Å². The van der Waals surface area contributed by atoms with Gasteiger partial charge in [-0.1, -0.05) is 0 Å². The van der Waals surface area contributed by atoms with Crippen molar-refractivity contribution in [1.82, 2.24) is 10.6 Å². The highest BCUT2D eigenvalue weighted by Crippen LogP contribution is 2.10. The van der Waals surface area contributed by atoms with E-state index in [-0.39, 0.29) is 11.6 Å². The van der Waals surface area contributed by atoms with Gasteiger partial charge in [-0.25, -0.2) is 4.39 Å². The molecule has 0 aromatic rings. The molecular formula is C9H19FN2. The number of halogens is 1. The quantitative estimate of drug-likeness (QED) is 0.621. The van der Waals surface area contributed by atoms with Gasteiger partial charge in [0.15, 0.2) is 0 Å². The van der Waals surface area contributed by atoms with E-state index in [1.54, 1.807) is 0 Å². The summed E-state index contributed by atoms with van der Waals surface area (Å²) in [5.41, 5.74) is 0.0867. The topological polar surface area (TPSA) is 24.1 Å². The fourth-order valence-electron chi connectivity index (χ4n) is 1.61. The minimum Gasteiger partial charge on any atom is -0.312 e. The molecule has 0 unspecified atom stereocenters. The van der Waals surface area contributed by atoms with Gasteiger partial charge in [-0.2, -0.15) is 0 Å². The molecule has 1 rings (SSSR count). The highest BCUT2D eigenvalue weighted by molar-refractivity contribution is 4.85. The van der Waals surface area contributed by atoms with E-state index in [0.29, 0.717) is 13.0 Å². The lowest BCUT2D eigenvalue weighted by atomic mass is 10.0. The number of nitrogens with one attached hydrogen (secondary N) is 2. The van der Waals surface area contributed by atoms with Crippen molar-refractivity contribution in [3.8, 4) is 0 Å². The highest BCUT2D eigenvalue weighted by Gasteiger charge is 2.24. The predicted molar refractivity (Wildman–Crippen MR) is 49.1 cm³/mol. The second-order valence-corrected chi connectivity index (χ2v) is 4.58. The zero-order valence-corrected chi connectivity index (χ0v) is 8.15. The summed E-state index contributed by atoms with van der Waals surface area (Å²) in [6.07, 6.45) is -0.0387. The molecule has 72 valence electrons. The maximum atomic E-state index is 12.9. The molecule has 1 aliphatic rings. The molecule has 0 aromatic carbocycles. The minimum atomic E-state index is -0.682. The number of rotatable bonds is 1. The van der Waals surface area contributed by atoms with Gasteiger partial charge in [0.25, 0.3) is 0 Å². The van der Waals surface area contributed by atoms with Crippen LogP contribution in [0.2, 0.25) is 0 Å². The van der Waals surface area contributed by atoms with Crippen molar-refractivity contribution in [2.24, 2.45) is 0 Å². The Kier molecular flexibility index (Phi) is 3.07. The fraction of sp³-hybridized carbons (Fsp3) is 1.00. The van der Waals surface area contributed by atoms with Crippen molar-refractivity contribution < 1.29 is 4.39 Å². The molecule has 2 atom stereocenters. The van der Waals surface area contributed by atoms with E-state index in [1.807, 2.05) is 0 Å². The van der Waals surface area contributed by atoms with Gasteiger partial charge in [0.2, 0.25) is 0 Å². The Morgan fingerprint density at radius 3 is 2.50 bits per heavy atom. The molecular weight excluding hydrogens is 155 g/mol. The summed E-state index contributed by atoms with van der Waals surface area (Å²) in [5, 5.41) is 6.46. The fourth-order valence-corrected chi connectivity index (χ4v) is 1.61. The van der Waals surface area contributed by atoms with Crippen LogP contribution >= 0.6 is 0 Å². The van der Waals surface area contributed by atoms with Crippen LogP contribution in [-0.4, -0.2) is 30.8 Å². The van der Waals surface area contributed by atoms with Crippen LogP contribution in [-0.2, 0) is 0 Å². The normalized spacial score (nSPS) is 32.0. The van der Waals surface area contributed by atoms with Gasteiger partial charge in [0.1, 0.15) is 6.17 Å². The summed E-state index contributed by atoms with van der Waals surface area (Å²) < 4.78 is 12.9. The molecule has 12 heavy (non-hydrogen) atoms.